The van der Waals surface area contributed by atoms with Crippen molar-refractivity contribution in [3.8, 4) is 17.2 Å². The summed E-state index contributed by atoms with van der Waals surface area (Å²) in [6.07, 6.45) is 1.70. The van der Waals surface area contributed by atoms with Crippen LogP contribution in [0.4, 0.5) is 11.4 Å². The average Bonchev–Trinajstić information content (AvgIpc) is 2.97. The Hall–Kier alpha value is -3.76. The number of aryl methyl sites for hydroxylation is 2. The monoisotopic (exact) mass is 581 g/mol. The molecule has 2 N–H and O–H groups in total. The van der Waals surface area contributed by atoms with Crippen LogP contribution in [0.15, 0.2) is 59.5 Å². The van der Waals surface area contributed by atoms with Gasteiger partial charge < -0.3 is 24.8 Å². The number of sulfonamides is 1. The first kappa shape index (κ1) is 30.2. The minimum Gasteiger partial charge on any atom is -0.493 e. The molecule has 1 amide bonds. The lowest BCUT2D eigenvalue weighted by atomic mass is 10.0. The minimum absolute atomic E-state index is 0.224. The van der Waals surface area contributed by atoms with Gasteiger partial charge in [0, 0.05) is 24.5 Å². The van der Waals surface area contributed by atoms with Crippen LogP contribution < -0.4 is 24.8 Å². The van der Waals surface area contributed by atoms with E-state index in [1.54, 1.807) is 40.7 Å². The topological polar surface area (TPSA) is 106 Å². The van der Waals surface area contributed by atoms with Crippen molar-refractivity contribution in [3.63, 3.8) is 0 Å². The van der Waals surface area contributed by atoms with Crippen molar-refractivity contribution in [1.29, 1.82) is 0 Å². The van der Waals surface area contributed by atoms with E-state index in [2.05, 4.69) is 17.6 Å². The van der Waals surface area contributed by atoms with E-state index in [4.69, 9.17) is 14.2 Å². The Bertz CT molecular complexity index is 1440. The molecule has 0 saturated carbocycles. The average molecular weight is 582 g/mol. The van der Waals surface area contributed by atoms with Crippen LogP contribution in [0.5, 0.6) is 17.2 Å². The second-order valence-corrected chi connectivity index (χ2v) is 12.3. The summed E-state index contributed by atoms with van der Waals surface area (Å²) in [6, 6.07) is 14.9. The number of para-hydroxylation sites is 1. The van der Waals surface area contributed by atoms with E-state index >= 15 is 0 Å². The first-order chi connectivity index (χ1) is 19.6. The molecule has 0 aromatic heterocycles. The van der Waals surface area contributed by atoms with Gasteiger partial charge >= 0.3 is 0 Å². The number of nitrogens with one attached hydrogen (secondary N) is 2. The molecule has 0 radical (unpaired) electrons. The molecule has 9 nitrogen and oxygen atoms in total. The molecule has 220 valence electrons. The summed E-state index contributed by atoms with van der Waals surface area (Å²) in [5, 5.41) is 6.35. The van der Waals surface area contributed by atoms with Crippen LogP contribution in [-0.2, 0) is 14.8 Å². The molecule has 1 aliphatic heterocycles. The van der Waals surface area contributed by atoms with Crippen LogP contribution in [-0.4, -0.2) is 53.0 Å². The van der Waals surface area contributed by atoms with Gasteiger partial charge in [-0.1, -0.05) is 25.1 Å². The largest absolute Gasteiger partial charge is 0.493 e. The summed E-state index contributed by atoms with van der Waals surface area (Å²) >= 11 is 0. The number of hydrogen-bond donors (Lipinski definition) is 2. The number of carbonyl (C=O) groups excluding carboxylic acids is 1. The van der Waals surface area contributed by atoms with Gasteiger partial charge in [-0.15, -0.1) is 0 Å². The smallest absolute Gasteiger partial charge is 0.251 e. The molecule has 1 saturated heterocycles. The van der Waals surface area contributed by atoms with E-state index in [1.165, 1.54) is 21.3 Å². The van der Waals surface area contributed by atoms with Crippen molar-refractivity contribution in [1.82, 2.24) is 4.31 Å². The maximum absolute atomic E-state index is 13.8. The van der Waals surface area contributed by atoms with E-state index in [-0.39, 0.29) is 10.8 Å². The zero-order valence-electron chi connectivity index (χ0n) is 24.5. The highest BCUT2D eigenvalue weighted by molar-refractivity contribution is 7.89. The third kappa shape index (κ3) is 6.60. The molecular formula is C31H39N3O6S. The van der Waals surface area contributed by atoms with Gasteiger partial charge in [-0.25, -0.2) is 8.42 Å². The summed E-state index contributed by atoms with van der Waals surface area (Å²) in [5.41, 5.74) is 3.75. The Balaban J connectivity index is 1.68. The van der Waals surface area contributed by atoms with Gasteiger partial charge in [-0.05, 0) is 85.7 Å². The van der Waals surface area contributed by atoms with E-state index in [0.717, 1.165) is 29.7 Å². The van der Waals surface area contributed by atoms with Crippen molar-refractivity contribution in [2.45, 2.75) is 44.6 Å². The Morgan fingerprint density at radius 3 is 1.98 bits per heavy atom. The predicted molar refractivity (Wildman–Crippen MR) is 161 cm³/mol. The Kier molecular flexibility index (Phi) is 9.45. The number of carbonyl (C=O) groups is 1. The first-order valence-corrected chi connectivity index (χ1v) is 15.1. The molecule has 0 aliphatic carbocycles. The zero-order valence-corrected chi connectivity index (χ0v) is 25.3. The lowest BCUT2D eigenvalue weighted by molar-refractivity contribution is -0.117. The third-order valence-corrected chi connectivity index (χ3v) is 9.47. The van der Waals surface area contributed by atoms with Crippen LogP contribution >= 0.6 is 0 Å². The van der Waals surface area contributed by atoms with E-state index < -0.39 is 16.1 Å². The number of benzene rings is 3. The van der Waals surface area contributed by atoms with Crippen molar-refractivity contribution >= 4 is 27.3 Å². The fraction of sp³-hybridized carbons (Fsp3) is 0.387. The van der Waals surface area contributed by atoms with Crippen LogP contribution in [0, 0.1) is 19.8 Å². The second kappa shape index (κ2) is 12.8. The molecule has 3 aromatic carbocycles. The highest BCUT2D eigenvalue weighted by atomic mass is 32.2. The Morgan fingerprint density at radius 1 is 0.902 bits per heavy atom. The molecule has 1 heterocycles. The maximum atomic E-state index is 13.8. The third-order valence-electron chi connectivity index (χ3n) is 7.56. The second-order valence-electron chi connectivity index (χ2n) is 10.4. The van der Waals surface area contributed by atoms with E-state index in [1.807, 2.05) is 32.0 Å². The summed E-state index contributed by atoms with van der Waals surface area (Å²) in [4.78, 5) is 14.1. The highest BCUT2D eigenvalue weighted by Gasteiger charge is 2.29. The number of anilines is 2. The van der Waals surface area contributed by atoms with Gasteiger partial charge in [-0.3, -0.25) is 4.79 Å². The summed E-state index contributed by atoms with van der Waals surface area (Å²) in [5.74, 6) is 1.44. The molecule has 1 fully saturated rings. The number of rotatable bonds is 10. The SMILES string of the molecule is COc1cc([C@H](Nc2ccc(S(=O)(=O)N3CCC(C)CC3)cc2)C(=O)Nc2c(C)cccc2C)cc(OC)c1OC. The molecule has 4 rings (SSSR count). The lowest BCUT2D eigenvalue weighted by Crippen LogP contribution is -2.37. The standard InChI is InChI=1S/C31H39N3O6S/c1-20-14-16-34(17-15-20)41(36,37)25-12-10-24(11-13-25)32-29(31(35)33-28-21(2)8-7-9-22(28)3)23-18-26(38-4)30(40-6)27(19-23)39-5/h7-13,18-20,29,32H,14-17H2,1-6H3,(H,33,35)/t29-/m0/s1. The van der Waals surface area contributed by atoms with Gasteiger partial charge in [0.1, 0.15) is 6.04 Å². The number of ether oxygens (including phenoxy) is 3. The van der Waals surface area contributed by atoms with Crippen molar-refractivity contribution in [2.75, 3.05) is 45.1 Å². The number of nitrogens with zero attached hydrogens (tertiary/aromatic N) is 1. The molecule has 41 heavy (non-hydrogen) atoms. The van der Waals surface area contributed by atoms with Gasteiger partial charge in [0.25, 0.3) is 5.91 Å². The van der Waals surface area contributed by atoms with Crippen molar-refractivity contribution < 1.29 is 27.4 Å². The van der Waals surface area contributed by atoms with Gasteiger partial charge in [0.2, 0.25) is 15.8 Å². The van der Waals surface area contributed by atoms with Gasteiger partial charge in [0.15, 0.2) is 11.5 Å². The molecule has 0 unspecified atom stereocenters. The number of piperidine rings is 1. The summed E-state index contributed by atoms with van der Waals surface area (Å²) in [6.45, 7) is 7.06. The molecule has 1 aliphatic rings. The molecule has 1 atom stereocenters. The summed E-state index contributed by atoms with van der Waals surface area (Å²) in [7, 11) is 0.954. The van der Waals surface area contributed by atoms with Crippen LogP contribution in [0.2, 0.25) is 0 Å². The number of hydrogen-bond acceptors (Lipinski definition) is 7. The van der Waals surface area contributed by atoms with Crippen molar-refractivity contribution in [2.24, 2.45) is 5.92 Å². The van der Waals surface area contributed by atoms with Gasteiger partial charge in [0.05, 0.1) is 26.2 Å². The lowest BCUT2D eigenvalue weighted by Gasteiger charge is -2.29. The summed E-state index contributed by atoms with van der Waals surface area (Å²) < 4.78 is 44.5. The molecule has 0 bridgehead atoms. The minimum atomic E-state index is -3.60. The van der Waals surface area contributed by atoms with Crippen LogP contribution in [0.3, 0.4) is 0 Å². The quantitative estimate of drug-likeness (QED) is 0.324. The fourth-order valence-electron chi connectivity index (χ4n) is 5.04. The molecule has 3 aromatic rings. The molecular weight excluding hydrogens is 542 g/mol. The zero-order chi connectivity index (χ0) is 29.7. The van der Waals surface area contributed by atoms with Crippen LogP contribution in [0.25, 0.3) is 0 Å². The van der Waals surface area contributed by atoms with E-state index in [0.29, 0.717) is 47.5 Å². The number of amides is 1. The number of methoxy groups -OCH3 is 3. The normalized spacial score (nSPS) is 15.2. The molecule has 10 heteroatoms. The maximum Gasteiger partial charge on any atom is 0.251 e. The molecule has 0 spiro atoms. The Labute approximate surface area is 242 Å². The van der Waals surface area contributed by atoms with Crippen molar-refractivity contribution in [3.05, 3.63) is 71.3 Å². The Morgan fingerprint density at radius 2 is 1.46 bits per heavy atom. The van der Waals surface area contributed by atoms with Crippen LogP contribution in [0.1, 0.15) is 42.5 Å². The first-order valence-electron chi connectivity index (χ1n) is 13.6. The highest BCUT2D eigenvalue weighted by Crippen LogP contribution is 2.40. The fourth-order valence-corrected chi connectivity index (χ4v) is 6.51. The predicted octanol–water partition coefficient (Wildman–Crippen LogP) is 5.54. The van der Waals surface area contributed by atoms with Gasteiger partial charge in [-0.2, -0.15) is 4.31 Å². The van der Waals surface area contributed by atoms with E-state index in [9.17, 15) is 13.2 Å².